The molecule has 3 heterocycles. The summed E-state index contributed by atoms with van der Waals surface area (Å²) in [6, 6.07) is 7.88. The largest absolute Gasteiger partial charge is 0.494 e. The number of aromatic nitrogens is 4. The van der Waals surface area contributed by atoms with Crippen LogP contribution in [-0.2, 0) is 17.8 Å². The summed E-state index contributed by atoms with van der Waals surface area (Å²) in [5.41, 5.74) is 20.2. The van der Waals surface area contributed by atoms with Crippen LogP contribution in [0.3, 0.4) is 0 Å². The predicted octanol–water partition coefficient (Wildman–Crippen LogP) is 4.19. The van der Waals surface area contributed by atoms with Gasteiger partial charge >= 0.3 is 6.09 Å². The maximum absolute atomic E-state index is 13.5. The molecule has 18 heteroatoms. The molecule has 0 spiro atoms. The number of aryl methyl sites for hydroxylation is 2. The number of methoxy groups -OCH3 is 1. The van der Waals surface area contributed by atoms with E-state index in [4.69, 9.17) is 31.4 Å². The summed E-state index contributed by atoms with van der Waals surface area (Å²) in [7, 11) is 1.47. The average molecular weight is 814 g/mol. The minimum Gasteiger partial charge on any atom is -0.494 e. The molecule has 4 amide bonds. The molecule has 0 radical (unpaired) electrons. The summed E-state index contributed by atoms with van der Waals surface area (Å²) in [4.78, 5) is 56.7. The smallest absolute Gasteiger partial charge is 0.407 e. The molecule has 1 aliphatic heterocycles. The van der Waals surface area contributed by atoms with Gasteiger partial charge in [0.15, 0.2) is 0 Å². The van der Waals surface area contributed by atoms with Crippen molar-refractivity contribution in [3.8, 4) is 11.5 Å². The van der Waals surface area contributed by atoms with Gasteiger partial charge < -0.3 is 46.6 Å². The van der Waals surface area contributed by atoms with Crippen molar-refractivity contribution in [3.05, 3.63) is 77.2 Å². The Balaban J connectivity index is 1.24. The van der Waals surface area contributed by atoms with E-state index in [0.717, 1.165) is 25.9 Å². The standard InChI is InChI=1S/C41H55N11O7/c1-7-52-31(20-25(2)49-52)38(55)48-39-47-30-22-27(37(44)54)24-33(57-6)35(30)51(39)16-9-8-14-45-34-29(42)21-26(36(43)53)23-32(34)58-19-11-10-15-50-17-12-28(13-18-50)46-40(56)59-41(3,4)5/h8-11,20-24,28,45H,7,12-19,42H2,1-6H3,(H2,43,53)(H2,44,54)(H,46,56)(H,47,48,55)/b9-8+,11-10+. The summed E-state index contributed by atoms with van der Waals surface area (Å²) in [6.45, 7) is 12.8. The molecule has 0 bridgehead atoms. The first-order valence-electron chi connectivity index (χ1n) is 19.4. The van der Waals surface area contributed by atoms with Gasteiger partial charge in [-0.15, -0.1) is 0 Å². The molecular weight excluding hydrogens is 759 g/mol. The van der Waals surface area contributed by atoms with E-state index in [-0.39, 0.29) is 42.0 Å². The van der Waals surface area contributed by atoms with Gasteiger partial charge in [0.2, 0.25) is 17.8 Å². The third kappa shape index (κ3) is 11.5. The van der Waals surface area contributed by atoms with E-state index >= 15 is 0 Å². The van der Waals surface area contributed by atoms with E-state index in [1.165, 1.54) is 19.2 Å². The zero-order chi connectivity index (χ0) is 42.9. The molecule has 4 aromatic rings. The Kier molecular flexibility index (Phi) is 14.2. The molecule has 5 rings (SSSR count). The number of fused-ring (bicyclic) bond motifs is 1. The molecule has 0 unspecified atom stereocenters. The highest BCUT2D eigenvalue weighted by Gasteiger charge is 2.24. The van der Waals surface area contributed by atoms with Crippen molar-refractivity contribution in [1.82, 2.24) is 29.5 Å². The molecule has 1 aliphatic rings. The molecule has 1 fully saturated rings. The molecule has 0 saturated carbocycles. The number of alkyl carbamates (subject to hydrolysis) is 1. The van der Waals surface area contributed by atoms with E-state index in [1.807, 2.05) is 58.9 Å². The van der Waals surface area contributed by atoms with Crippen molar-refractivity contribution in [1.29, 1.82) is 0 Å². The van der Waals surface area contributed by atoms with Crippen LogP contribution in [0, 0.1) is 6.92 Å². The fraction of sp³-hybridized carbons (Fsp3) is 0.415. The number of carbonyl (C=O) groups excluding carboxylic acids is 4. The zero-order valence-electron chi connectivity index (χ0n) is 34.5. The zero-order valence-corrected chi connectivity index (χ0v) is 34.5. The van der Waals surface area contributed by atoms with Gasteiger partial charge in [0.1, 0.15) is 40.6 Å². The van der Waals surface area contributed by atoms with Crippen molar-refractivity contribution < 1.29 is 33.4 Å². The molecule has 0 aliphatic carbocycles. The van der Waals surface area contributed by atoms with Crippen LogP contribution in [0.2, 0.25) is 0 Å². The van der Waals surface area contributed by atoms with Crippen molar-refractivity contribution in [2.75, 3.05) is 56.3 Å². The fourth-order valence-corrected chi connectivity index (χ4v) is 6.61. The monoisotopic (exact) mass is 813 g/mol. The second-order valence-corrected chi connectivity index (χ2v) is 15.1. The van der Waals surface area contributed by atoms with Crippen molar-refractivity contribution in [3.63, 3.8) is 0 Å². The summed E-state index contributed by atoms with van der Waals surface area (Å²) in [5.74, 6) is -0.775. The van der Waals surface area contributed by atoms with Crippen LogP contribution in [0.25, 0.3) is 11.0 Å². The number of nitrogens with two attached hydrogens (primary N) is 3. The first-order valence-corrected chi connectivity index (χ1v) is 19.4. The van der Waals surface area contributed by atoms with Crippen LogP contribution < -0.4 is 42.6 Å². The number of piperidine rings is 1. The Morgan fingerprint density at radius 2 is 1.61 bits per heavy atom. The summed E-state index contributed by atoms with van der Waals surface area (Å²) < 4.78 is 20.4. The lowest BCUT2D eigenvalue weighted by atomic mass is 10.1. The number of hydrogen-bond donors (Lipinski definition) is 6. The number of imidazole rings is 1. The Morgan fingerprint density at radius 3 is 2.27 bits per heavy atom. The van der Waals surface area contributed by atoms with E-state index in [1.54, 1.807) is 27.4 Å². The van der Waals surface area contributed by atoms with Crippen LogP contribution in [0.4, 0.5) is 22.1 Å². The van der Waals surface area contributed by atoms with Gasteiger partial charge in [-0.25, -0.2) is 9.78 Å². The van der Waals surface area contributed by atoms with E-state index < -0.39 is 29.4 Å². The molecule has 9 N–H and O–H groups in total. The second kappa shape index (κ2) is 19.3. The minimum absolute atomic E-state index is 0.0710. The topological polar surface area (TPSA) is 249 Å². The lowest BCUT2D eigenvalue weighted by molar-refractivity contribution is 0.0480. The molecule has 59 heavy (non-hydrogen) atoms. The summed E-state index contributed by atoms with van der Waals surface area (Å²) in [6.07, 6.45) is 8.87. The third-order valence-electron chi connectivity index (χ3n) is 9.41. The maximum atomic E-state index is 13.5. The molecular formula is C41H55N11O7. The lowest BCUT2D eigenvalue weighted by Crippen LogP contribution is -2.46. The number of ether oxygens (including phenoxy) is 3. The van der Waals surface area contributed by atoms with Crippen molar-refractivity contribution >= 4 is 52.2 Å². The third-order valence-corrected chi connectivity index (χ3v) is 9.41. The Labute approximate surface area is 343 Å². The Bertz CT molecular complexity index is 2230. The van der Waals surface area contributed by atoms with E-state index in [9.17, 15) is 19.2 Å². The van der Waals surface area contributed by atoms with Gasteiger partial charge in [-0.05, 0) is 77.8 Å². The van der Waals surface area contributed by atoms with Gasteiger partial charge in [0, 0.05) is 56.4 Å². The van der Waals surface area contributed by atoms with Gasteiger partial charge in [-0.1, -0.05) is 24.3 Å². The SMILES string of the molecule is CCn1nc(C)cc1C(=O)Nc1nc2cc(C(N)=O)cc(OC)c2n1C/C=C/CNc1c(N)cc(C(N)=O)cc1OC/C=C/CN1CCC(NC(=O)OC(C)(C)C)CC1. The highest BCUT2D eigenvalue weighted by atomic mass is 16.6. The number of allylic oxidation sites excluding steroid dienone is 1. The summed E-state index contributed by atoms with van der Waals surface area (Å²) in [5, 5.41) is 13.5. The summed E-state index contributed by atoms with van der Waals surface area (Å²) >= 11 is 0. The molecule has 2 aromatic carbocycles. The lowest BCUT2D eigenvalue weighted by Gasteiger charge is -2.32. The molecule has 1 saturated heterocycles. The van der Waals surface area contributed by atoms with Gasteiger partial charge in [0.05, 0.1) is 24.0 Å². The molecule has 18 nitrogen and oxygen atoms in total. The van der Waals surface area contributed by atoms with Crippen LogP contribution >= 0.6 is 0 Å². The number of nitrogens with zero attached hydrogens (tertiary/aromatic N) is 5. The average Bonchev–Trinajstić information content (AvgIpc) is 3.73. The van der Waals surface area contributed by atoms with Crippen LogP contribution in [0.15, 0.2) is 54.6 Å². The number of amides is 4. The van der Waals surface area contributed by atoms with Crippen molar-refractivity contribution in [2.24, 2.45) is 11.5 Å². The van der Waals surface area contributed by atoms with Crippen LogP contribution in [-0.4, -0.2) is 99.6 Å². The van der Waals surface area contributed by atoms with Crippen molar-refractivity contribution in [2.45, 2.75) is 72.2 Å². The highest BCUT2D eigenvalue weighted by Crippen LogP contribution is 2.33. The molecule has 0 atom stereocenters. The minimum atomic E-state index is -0.649. The highest BCUT2D eigenvalue weighted by molar-refractivity contribution is 6.04. The first kappa shape index (κ1) is 43.6. The first-order chi connectivity index (χ1) is 28.1. The van der Waals surface area contributed by atoms with E-state index in [2.05, 4.69) is 30.9 Å². The number of primary amides is 2. The number of carbonyl (C=O) groups is 4. The molecule has 2 aromatic heterocycles. The van der Waals surface area contributed by atoms with E-state index in [0.29, 0.717) is 59.2 Å². The quantitative estimate of drug-likeness (QED) is 0.0649. The predicted molar refractivity (Wildman–Crippen MR) is 226 cm³/mol. The number of hydrogen-bond acceptors (Lipinski definition) is 12. The van der Waals surface area contributed by atoms with Crippen LogP contribution in [0.5, 0.6) is 11.5 Å². The number of nitrogens with one attached hydrogen (secondary N) is 3. The Hall–Kier alpha value is -6.56. The van der Waals surface area contributed by atoms with Gasteiger partial charge in [-0.3, -0.25) is 29.3 Å². The normalized spacial score (nSPS) is 13.9. The van der Waals surface area contributed by atoms with Crippen LogP contribution in [0.1, 0.15) is 77.4 Å². The fourth-order valence-electron chi connectivity index (χ4n) is 6.61. The number of rotatable bonds is 17. The number of benzene rings is 2. The maximum Gasteiger partial charge on any atom is 0.407 e. The molecule has 316 valence electrons. The van der Waals surface area contributed by atoms with Gasteiger partial charge in [-0.2, -0.15) is 5.10 Å². The Morgan fingerprint density at radius 1 is 0.932 bits per heavy atom. The number of likely N-dealkylation sites (tertiary alicyclic amines) is 1. The number of anilines is 3. The second-order valence-electron chi connectivity index (χ2n) is 15.1. The van der Waals surface area contributed by atoms with Gasteiger partial charge in [0.25, 0.3) is 5.91 Å². The number of nitrogen functional groups attached to an aromatic ring is 1.